The van der Waals surface area contributed by atoms with E-state index in [1.165, 1.54) is 27.8 Å². The molecule has 0 radical (unpaired) electrons. The Morgan fingerprint density at radius 3 is 1.47 bits per heavy atom. The first kappa shape index (κ1) is 29.8. The molecule has 3 aliphatic heterocycles. The molecule has 4 unspecified atom stereocenters. The topological polar surface area (TPSA) is 65.3 Å². The molecular weight excluding hydrogens is 564 g/mol. The fourth-order valence-corrected chi connectivity index (χ4v) is 5.89. The van der Waals surface area contributed by atoms with Crippen LogP contribution in [0.15, 0.2) is 108 Å². The number of benzene rings is 3. The Bertz CT molecular complexity index is 1560. The zero-order chi connectivity index (χ0) is 30.9. The lowest BCUT2D eigenvalue weighted by atomic mass is 9.69. The highest BCUT2D eigenvalue weighted by molar-refractivity contribution is 5.54. The molecule has 0 spiro atoms. The van der Waals surface area contributed by atoms with Crippen molar-refractivity contribution in [3.8, 4) is 11.5 Å². The molecule has 0 aromatic heterocycles. The van der Waals surface area contributed by atoms with Gasteiger partial charge in [0.25, 0.3) is 0 Å². The fourth-order valence-electron chi connectivity index (χ4n) is 5.89. The smallest absolute Gasteiger partial charge is 0.119 e. The first-order valence-corrected chi connectivity index (χ1v) is 16.0. The van der Waals surface area contributed by atoms with E-state index in [0.29, 0.717) is 19.8 Å². The molecule has 0 bridgehead atoms. The Labute approximate surface area is 266 Å². The Morgan fingerprint density at radius 2 is 0.978 bits per heavy atom. The van der Waals surface area contributed by atoms with Gasteiger partial charge in [0, 0.05) is 10.8 Å². The predicted octanol–water partition coefficient (Wildman–Crippen LogP) is 7.06. The van der Waals surface area contributed by atoms with Gasteiger partial charge < -0.3 is 28.4 Å². The van der Waals surface area contributed by atoms with E-state index in [4.69, 9.17) is 28.4 Å². The number of epoxide rings is 3. The van der Waals surface area contributed by atoms with Gasteiger partial charge in [-0.15, -0.1) is 0 Å². The maximum absolute atomic E-state index is 6.03. The second-order valence-electron chi connectivity index (χ2n) is 13.0. The molecule has 1 aliphatic carbocycles. The van der Waals surface area contributed by atoms with Crippen LogP contribution in [0.5, 0.6) is 11.5 Å². The summed E-state index contributed by atoms with van der Waals surface area (Å²) in [4.78, 5) is 0. The minimum atomic E-state index is -0.398. The van der Waals surface area contributed by atoms with Crippen molar-refractivity contribution in [1.82, 2.24) is 0 Å². The number of hydrogen-bond acceptors (Lipinski definition) is 6. The molecule has 6 nitrogen and oxygen atoms in total. The van der Waals surface area contributed by atoms with E-state index in [2.05, 4.69) is 118 Å². The minimum Gasteiger partial charge on any atom is -0.491 e. The second-order valence-corrected chi connectivity index (χ2v) is 13.0. The van der Waals surface area contributed by atoms with Gasteiger partial charge in [-0.2, -0.15) is 0 Å². The van der Waals surface area contributed by atoms with Gasteiger partial charge in [0.1, 0.15) is 55.4 Å². The van der Waals surface area contributed by atoms with Crippen LogP contribution in [-0.2, 0) is 29.8 Å². The van der Waals surface area contributed by atoms with E-state index in [9.17, 15) is 0 Å². The van der Waals surface area contributed by atoms with Crippen LogP contribution in [0, 0.1) is 0 Å². The van der Waals surface area contributed by atoms with Gasteiger partial charge in [-0.25, -0.2) is 0 Å². The number of ether oxygens (including phenoxy) is 6. The molecule has 3 fully saturated rings. The molecule has 6 heteroatoms. The van der Waals surface area contributed by atoms with E-state index in [-0.39, 0.29) is 23.7 Å². The van der Waals surface area contributed by atoms with Gasteiger partial charge in [-0.1, -0.05) is 74.5 Å². The number of rotatable bonds is 14. The SMILES string of the molecule is CC(C)(c1ccc(OCC2CO2)cc1)c1ccc(C(C)(C2=CCC=C(OCC3CO3)C=C2)c2ccc(OCC3CO3)cc2)cc1. The number of hydrogen-bond donors (Lipinski definition) is 0. The van der Waals surface area contributed by atoms with Crippen molar-refractivity contribution < 1.29 is 28.4 Å². The number of allylic oxidation sites excluding steroid dienone is 5. The molecular formula is C39H42O6. The lowest BCUT2D eigenvalue weighted by Crippen LogP contribution is -2.26. The highest BCUT2D eigenvalue weighted by Crippen LogP contribution is 2.42. The third-order valence-electron chi connectivity index (χ3n) is 9.37. The molecule has 3 heterocycles. The molecule has 4 atom stereocenters. The second kappa shape index (κ2) is 12.5. The quantitative estimate of drug-likeness (QED) is 0.183. The zero-order valence-electron chi connectivity index (χ0n) is 26.4. The van der Waals surface area contributed by atoms with E-state index in [0.717, 1.165) is 43.5 Å². The van der Waals surface area contributed by atoms with Gasteiger partial charge in [0.2, 0.25) is 0 Å². The Balaban J connectivity index is 1.15. The molecule has 0 saturated carbocycles. The summed E-state index contributed by atoms with van der Waals surface area (Å²) < 4.78 is 33.8. The molecule has 7 rings (SSSR count). The van der Waals surface area contributed by atoms with Crippen molar-refractivity contribution in [2.45, 2.75) is 56.3 Å². The van der Waals surface area contributed by atoms with Crippen LogP contribution in [0.1, 0.15) is 49.4 Å². The predicted molar refractivity (Wildman–Crippen MR) is 174 cm³/mol. The summed E-state index contributed by atoms with van der Waals surface area (Å²) in [5.41, 5.74) is 5.56. The van der Waals surface area contributed by atoms with E-state index < -0.39 is 5.41 Å². The Morgan fingerprint density at radius 1 is 0.556 bits per heavy atom. The first-order valence-electron chi connectivity index (χ1n) is 16.0. The van der Waals surface area contributed by atoms with Gasteiger partial charge in [0.05, 0.1) is 19.8 Å². The third kappa shape index (κ3) is 7.04. The summed E-state index contributed by atoms with van der Waals surface area (Å²) in [5, 5.41) is 0. The van der Waals surface area contributed by atoms with Crippen LogP contribution in [0.4, 0.5) is 0 Å². The zero-order valence-corrected chi connectivity index (χ0v) is 26.4. The van der Waals surface area contributed by atoms with Crippen LogP contribution in [0.3, 0.4) is 0 Å². The van der Waals surface area contributed by atoms with Gasteiger partial charge in [-0.3, -0.25) is 0 Å². The maximum Gasteiger partial charge on any atom is 0.119 e. The summed E-state index contributed by atoms with van der Waals surface area (Å²) in [6, 6.07) is 26.1. The van der Waals surface area contributed by atoms with E-state index >= 15 is 0 Å². The average molecular weight is 607 g/mol. The van der Waals surface area contributed by atoms with Crippen LogP contribution in [-0.4, -0.2) is 58.0 Å². The van der Waals surface area contributed by atoms with Crippen molar-refractivity contribution in [3.63, 3.8) is 0 Å². The average Bonchev–Trinajstić information content (AvgIpc) is 3.90. The van der Waals surface area contributed by atoms with Crippen molar-refractivity contribution in [2.24, 2.45) is 0 Å². The largest absolute Gasteiger partial charge is 0.491 e. The summed E-state index contributed by atoms with van der Waals surface area (Å²) >= 11 is 0. The van der Waals surface area contributed by atoms with Crippen LogP contribution >= 0.6 is 0 Å². The van der Waals surface area contributed by atoms with Crippen molar-refractivity contribution >= 4 is 0 Å². The van der Waals surface area contributed by atoms with Crippen molar-refractivity contribution in [2.75, 3.05) is 39.6 Å². The van der Waals surface area contributed by atoms with E-state index in [1.54, 1.807) is 0 Å². The molecule has 3 aromatic rings. The Hall–Kier alpha value is -3.84. The molecule has 0 N–H and O–H groups in total. The summed E-state index contributed by atoms with van der Waals surface area (Å²) in [5.74, 6) is 2.62. The van der Waals surface area contributed by atoms with Crippen LogP contribution < -0.4 is 9.47 Å². The first-order chi connectivity index (χ1) is 21.9. The highest BCUT2D eigenvalue weighted by atomic mass is 16.6. The van der Waals surface area contributed by atoms with Gasteiger partial charge in [-0.05, 0) is 77.6 Å². The fraction of sp³-hybridized carbons (Fsp3) is 0.385. The maximum atomic E-state index is 6.03. The molecule has 234 valence electrons. The van der Waals surface area contributed by atoms with Crippen LogP contribution in [0.25, 0.3) is 0 Å². The standard InChI is InChI=1S/C39H42O6/c1-38(2,28-11-16-33(17-12-28)41-22-36-25-44-36)27-7-9-30(10-8-27)39(3,31-14-19-34(20-15-31)42-23-37-26-45-37)29-5-4-6-32(18-13-29)40-21-35-24-43-35/h5-20,35-37H,4,21-26H2,1-3H3. The van der Waals surface area contributed by atoms with E-state index in [1.807, 2.05) is 0 Å². The Kier molecular flexibility index (Phi) is 8.30. The van der Waals surface area contributed by atoms with Gasteiger partial charge >= 0.3 is 0 Å². The minimum absolute atomic E-state index is 0.180. The third-order valence-corrected chi connectivity index (χ3v) is 9.37. The lowest BCUT2D eigenvalue weighted by molar-refractivity contribution is 0.192. The monoisotopic (exact) mass is 606 g/mol. The van der Waals surface area contributed by atoms with Crippen molar-refractivity contribution in [3.05, 3.63) is 131 Å². The molecule has 0 amide bonds. The van der Waals surface area contributed by atoms with Crippen LogP contribution in [0.2, 0.25) is 0 Å². The molecule has 3 aromatic carbocycles. The summed E-state index contributed by atoms with van der Waals surface area (Å²) in [6.07, 6.45) is 10.2. The highest BCUT2D eigenvalue weighted by Gasteiger charge is 2.34. The lowest BCUT2D eigenvalue weighted by Gasteiger charge is -2.34. The summed E-state index contributed by atoms with van der Waals surface area (Å²) in [6.45, 7) is 11.0. The van der Waals surface area contributed by atoms with Crippen molar-refractivity contribution in [1.29, 1.82) is 0 Å². The molecule has 3 saturated heterocycles. The van der Waals surface area contributed by atoms with Gasteiger partial charge in [0.15, 0.2) is 0 Å². The summed E-state index contributed by atoms with van der Waals surface area (Å²) in [7, 11) is 0. The normalized spacial score (nSPS) is 23.2. The molecule has 45 heavy (non-hydrogen) atoms. The molecule has 4 aliphatic rings.